The molecule has 0 aromatic carbocycles. The number of carbonyl (C=O) groups is 14. The minimum absolute atomic E-state index is 0. The fraction of sp³-hybridized carbons (Fsp3) is 0.806. The first-order chi connectivity index (χ1) is 49.0. The molecule has 7 atom stereocenters. The molecule has 0 saturated heterocycles. The fourth-order valence-electron chi connectivity index (χ4n) is 11.7. The van der Waals surface area contributed by atoms with Gasteiger partial charge >= 0.3 is 78.1 Å². The lowest BCUT2D eigenvalue weighted by Gasteiger charge is -2.31. The number of nitrogens with two attached hydrogens (primary N) is 4. The van der Waals surface area contributed by atoms with Crippen molar-refractivity contribution in [2.24, 2.45) is 57.9 Å². The van der Waals surface area contributed by atoms with Gasteiger partial charge in [0.25, 0.3) is 6.29 Å². The number of ketones is 1. The van der Waals surface area contributed by atoms with E-state index in [1.807, 2.05) is 0 Å². The Balaban J connectivity index is 0.0000530. The van der Waals surface area contributed by atoms with Crippen molar-refractivity contribution in [1.29, 1.82) is 0 Å². The summed E-state index contributed by atoms with van der Waals surface area (Å²) in [6.07, 6.45) is 14.5. The van der Waals surface area contributed by atoms with Crippen molar-refractivity contribution in [2.75, 3.05) is 72.7 Å². The molecule has 2 fully saturated rings. The molecule has 0 heterocycles. The number of amides is 4. The Morgan fingerprint density at radius 3 is 1.07 bits per heavy atom. The summed E-state index contributed by atoms with van der Waals surface area (Å²) >= 11 is 0. The first kappa shape index (κ1) is 93.0. The zero-order valence-electron chi connectivity index (χ0n) is 60.2. The smallest absolute Gasteiger partial charge is 0.407 e. The largest absolute Gasteiger partial charge is 0.465 e. The zero-order chi connectivity index (χ0) is 75.2. The monoisotopic (exact) mass is 1470 g/mol. The first-order valence-corrected chi connectivity index (χ1v) is 36.7. The molecule has 103 heavy (non-hydrogen) atoms. The lowest BCUT2D eigenvalue weighted by molar-refractivity contribution is -0.189. The van der Waals surface area contributed by atoms with E-state index in [-0.39, 0.29) is 110 Å². The second-order valence-electron chi connectivity index (χ2n) is 26.3. The van der Waals surface area contributed by atoms with Gasteiger partial charge in [0.05, 0.1) is 50.8 Å². The van der Waals surface area contributed by atoms with Gasteiger partial charge in [-0.15, -0.1) is 0 Å². The van der Waals surface area contributed by atoms with Gasteiger partial charge < -0.3 is 84.5 Å². The highest BCUT2D eigenvalue weighted by Gasteiger charge is 2.41. The third-order valence-electron chi connectivity index (χ3n) is 17.4. The highest BCUT2D eigenvalue weighted by atomic mass is 16.7. The second-order valence-corrected chi connectivity index (χ2v) is 26.3. The Kier molecular flexibility index (Phi) is 51.8. The molecule has 0 bridgehead atoms. The van der Waals surface area contributed by atoms with Crippen LogP contribution in [0, 0.1) is 35.0 Å². The number of ether oxygens (including phenoxy) is 13. The Morgan fingerprint density at radius 1 is 0.330 bits per heavy atom. The molecule has 4 amide bonds. The zero-order valence-corrected chi connectivity index (χ0v) is 60.2. The summed E-state index contributed by atoms with van der Waals surface area (Å²) in [7, 11) is 0. The summed E-state index contributed by atoms with van der Waals surface area (Å²) in [4.78, 5) is 177. The number of hydrogen-bond acceptors (Lipinski definition) is 27. The first-order valence-electron chi connectivity index (χ1n) is 36.7. The van der Waals surface area contributed by atoms with Crippen molar-refractivity contribution in [3.8, 4) is 0 Å². The Hall–Kier alpha value is -8.02. The van der Waals surface area contributed by atoms with E-state index in [1.165, 1.54) is 6.42 Å². The molecule has 7 unspecified atom stereocenters. The molecule has 2 saturated carbocycles. The van der Waals surface area contributed by atoms with E-state index >= 15 is 0 Å². The summed E-state index contributed by atoms with van der Waals surface area (Å²) in [5.74, 6) is -10.6. The summed E-state index contributed by atoms with van der Waals surface area (Å²) in [5.41, 5.74) is 18.7. The minimum Gasteiger partial charge on any atom is -0.465 e. The van der Waals surface area contributed by atoms with Crippen LogP contribution in [0.3, 0.4) is 0 Å². The van der Waals surface area contributed by atoms with Crippen LogP contribution in [0.15, 0.2) is 0 Å². The molecule has 31 heteroatoms. The van der Waals surface area contributed by atoms with Crippen molar-refractivity contribution in [1.82, 2.24) is 0 Å². The quantitative estimate of drug-likeness (QED) is 0.0190. The summed E-state index contributed by atoms with van der Waals surface area (Å²) in [6.45, 7) is -0.363. The number of unbranched alkanes of at least 4 members (excludes halogenated alkanes) is 18. The molecule has 2 aliphatic carbocycles. The highest BCUT2D eigenvalue weighted by Crippen LogP contribution is 2.35. The third-order valence-corrected chi connectivity index (χ3v) is 17.4. The lowest BCUT2D eigenvalue weighted by Crippen LogP contribution is -2.44. The minimum atomic E-state index is -1.74. The van der Waals surface area contributed by atoms with Crippen LogP contribution in [0.4, 0.5) is 19.2 Å². The van der Waals surface area contributed by atoms with Gasteiger partial charge in [-0.1, -0.05) is 124 Å². The SMILES string of the molecule is C.CCCCCCCCCC(=O)OCC(COC(N)=O)CC(=O)C1CCCCC1C(=O)OCCCCCC(=O)OCC(COC(=O)CCCCCOC(N)=O)(COC(=O)CCCCCOC(=O)C1CCCCC1C(=O)OC(COC(=O)CCCCCCCCC)OC(N)=O)COC(=O)COC(N)=O. The number of esters is 9. The van der Waals surface area contributed by atoms with Crippen molar-refractivity contribution in [2.45, 2.75) is 265 Å². The molecule has 0 aliphatic heterocycles. The van der Waals surface area contributed by atoms with Gasteiger partial charge in [0.15, 0.2) is 13.2 Å². The Morgan fingerprint density at radius 2 is 0.660 bits per heavy atom. The van der Waals surface area contributed by atoms with Gasteiger partial charge in [-0.3, -0.25) is 43.2 Å². The molecule has 590 valence electrons. The van der Waals surface area contributed by atoms with Gasteiger partial charge in [0.2, 0.25) is 0 Å². The maximum absolute atomic E-state index is 13.8. The Bertz CT molecular complexity index is 2550. The maximum Gasteiger partial charge on any atom is 0.407 e. The van der Waals surface area contributed by atoms with E-state index < -0.39 is 159 Å². The number of primary amides is 4. The van der Waals surface area contributed by atoms with Crippen LogP contribution in [0.1, 0.15) is 259 Å². The predicted molar refractivity (Wildman–Crippen MR) is 369 cm³/mol. The number of carbonyl (C=O) groups excluding carboxylic acids is 14. The molecule has 0 radical (unpaired) electrons. The van der Waals surface area contributed by atoms with Gasteiger partial charge in [-0.25, -0.2) is 24.0 Å². The molecule has 0 spiro atoms. The standard InChI is InChI=1S/C71H116N4O27.CH4/c1-3-5-7-9-11-13-18-34-57(77)93-43-51(44-95-68(73)87)42-56(76)52-30-23-24-31-53(52)64(83)90-39-27-15-20-36-59(79)97-47-71(50-100-62(82)45-96-69(74)88,49-99-61(81)38-22-17-29-41-92-67(72)86)48-98-60(80)37-21-16-28-40-91-65(84)54-32-25-26-33-55(54)66(85)101-63(102-70(75)89)46-94-58(78)35-19-14-12-10-8-6-4-2;/h51-55,63H,3-50H2,1-2H3,(H2,72,86)(H2,73,87)(H2,74,88)(H2,75,89);1H4. The van der Waals surface area contributed by atoms with Crippen LogP contribution in [-0.4, -0.2) is 163 Å². The average molecular weight is 1470 g/mol. The van der Waals surface area contributed by atoms with Crippen LogP contribution >= 0.6 is 0 Å². The van der Waals surface area contributed by atoms with Gasteiger partial charge in [-0.2, -0.15) is 0 Å². The van der Waals surface area contributed by atoms with Crippen molar-refractivity contribution in [3.63, 3.8) is 0 Å². The number of Topliss-reactive ketones (excluding diaryl/α,β-unsaturated/α-hetero) is 1. The summed E-state index contributed by atoms with van der Waals surface area (Å²) in [6, 6.07) is 0. The highest BCUT2D eigenvalue weighted by molar-refractivity contribution is 5.87. The molecular formula is C72H120N4O27. The van der Waals surface area contributed by atoms with Crippen LogP contribution in [0.25, 0.3) is 0 Å². The summed E-state index contributed by atoms with van der Waals surface area (Å²) in [5, 5.41) is 0. The lowest BCUT2D eigenvalue weighted by atomic mass is 9.75. The van der Waals surface area contributed by atoms with E-state index in [1.54, 1.807) is 0 Å². The maximum atomic E-state index is 13.8. The van der Waals surface area contributed by atoms with E-state index in [9.17, 15) is 67.1 Å². The van der Waals surface area contributed by atoms with Gasteiger partial charge in [-0.05, 0) is 96.3 Å². The van der Waals surface area contributed by atoms with Gasteiger partial charge in [0.1, 0.15) is 37.6 Å². The molecule has 2 rings (SSSR count). The van der Waals surface area contributed by atoms with Gasteiger partial charge in [0, 0.05) is 50.4 Å². The molecular weight excluding hydrogens is 1350 g/mol. The topological polar surface area (TPSA) is 463 Å². The van der Waals surface area contributed by atoms with Crippen molar-refractivity contribution >= 4 is 83.9 Å². The number of rotatable bonds is 58. The molecule has 8 N–H and O–H groups in total. The Labute approximate surface area is 606 Å². The fourth-order valence-corrected chi connectivity index (χ4v) is 11.7. The third kappa shape index (κ3) is 46.3. The average Bonchev–Trinajstić information content (AvgIpc) is 0.849. The van der Waals surface area contributed by atoms with Crippen LogP contribution in [0.5, 0.6) is 0 Å². The van der Waals surface area contributed by atoms with E-state index in [4.69, 9.17) is 79.8 Å². The molecule has 2 aliphatic rings. The second kappa shape index (κ2) is 57.4. The van der Waals surface area contributed by atoms with E-state index in [2.05, 4.69) is 18.6 Å². The molecule has 31 nitrogen and oxygen atoms in total. The molecule has 0 aromatic rings. The normalized spacial score (nSPS) is 16.6. The van der Waals surface area contributed by atoms with Crippen molar-refractivity contribution < 1.29 is 129 Å². The summed E-state index contributed by atoms with van der Waals surface area (Å²) < 4.78 is 68.7. The van der Waals surface area contributed by atoms with Crippen LogP contribution in [0.2, 0.25) is 0 Å². The number of hydrogen-bond donors (Lipinski definition) is 4. The predicted octanol–water partition coefficient (Wildman–Crippen LogP) is 10.4. The van der Waals surface area contributed by atoms with Crippen LogP contribution < -0.4 is 22.9 Å². The van der Waals surface area contributed by atoms with E-state index in [0.717, 1.165) is 70.6 Å². The van der Waals surface area contributed by atoms with Crippen LogP contribution in [-0.2, 0) is 110 Å². The van der Waals surface area contributed by atoms with Crippen molar-refractivity contribution in [3.05, 3.63) is 0 Å². The molecule has 0 aromatic heterocycles. The van der Waals surface area contributed by atoms with E-state index in [0.29, 0.717) is 96.3 Å².